The molecule has 1 heterocycles. The largest absolute Gasteiger partial charge is 0.356 e. The number of nitrogens with one attached hydrogen (secondary N) is 1. The fourth-order valence-electron chi connectivity index (χ4n) is 2.34. The van der Waals surface area contributed by atoms with Crippen LogP contribution < -0.4 is 10.2 Å². The molecule has 0 unspecified atom stereocenters. The molecule has 1 aromatic rings. The summed E-state index contributed by atoms with van der Waals surface area (Å²) in [6, 6.07) is 6.09. The van der Waals surface area contributed by atoms with Gasteiger partial charge in [0.05, 0.1) is 6.42 Å². The van der Waals surface area contributed by atoms with E-state index in [1.807, 2.05) is 19.1 Å². The second-order valence-corrected chi connectivity index (χ2v) is 4.94. The van der Waals surface area contributed by atoms with Crippen molar-refractivity contribution in [3.05, 3.63) is 29.3 Å². The molecule has 0 atom stereocenters. The molecule has 102 valence electrons. The molecule has 1 aliphatic rings. The van der Waals surface area contributed by atoms with Crippen molar-refractivity contribution in [2.75, 3.05) is 18.5 Å². The maximum absolute atomic E-state index is 11.6. The number of carbonyl (C=O) groups excluding carboxylic acids is 2. The summed E-state index contributed by atoms with van der Waals surface area (Å²) in [6.45, 7) is 2.65. The van der Waals surface area contributed by atoms with Crippen molar-refractivity contribution in [2.24, 2.45) is 0 Å². The highest BCUT2D eigenvalue weighted by molar-refractivity contribution is 6.00. The Morgan fingerprint density at radius 2 is 2.21 bits per heavy atom. The monoisotopic (exact) mass is 260 g/mol. The number of hydrogen-bond donors (Lipinski definition) is 1. The molecule has 0 bridgehead atoms. The van der Waals surface area contributed by atoms with E-state index in [4.69, 9.17) is 0 Å². The Morgan fingerprint density at radius 3 is 2.95 bits per heavy atom. The van der Waals surface area contributed by atoms with Crippen molar-refractivity contribution in [3.63, 3.8) is 0 Å². The van der Waals surface area contributed by atoms with Gasteiger partial charge in [-0.1, -0.05) is 19.1 Å². The highest BCUT2D eigenvalue weighted by Gasteiger charge is 2.23. The van der Waals surface area contributed by atoms with Crippen LogP contribution in [0.5, 0.6) is 0 Å². The van der Waals surface area contributed by atoms with Crippen LogP contribution in [-0.2, 0) is 22.4 Å². The molecule has 1 N–H and O–H groups in total. The molecule has 0 aromatic heterocycles. The molecule has 2 amide bonds. The summed E-state index contributed by atoms with van der Waals surface area (Å²) < 4.78 is 0. The number of carbonyl (C=O) groups is 2. The van der Waals surface area contributed by atoms with E-state index in [1.165, 1.54) is 5.56 Å². The SMILES string of the molecule is CCCC(=O)NCCc1ccc2c(c1)CC(=O)N2C. The Labute approximate surface area is 113 Å². The molecule has 0 spiro atoms. The minimum absolute atomic E-state index is 0.110. The van der Waals surface area contributed by atoms with Crippen LogP contribution in [0.4, 0.5) is 5.69 Å². The molecule has 0 radical (unpaired) electrons. The first kappa shape index (κ1) is 13.6. The molecule has 19 heavy (non-hydrogen) atoms. The number of benzene rings is 1. The van der Waals surface area contributed by atoms with Crippen molar-refractivity contribution in [2.45, 2.75) is 32.6 Å². The number of anilines is 1. The lowest BCUT2D eigenvalue weighted by molar-refractivity contribution is -0.121. The molecule has 4 nitrogen and oxygen atoms in total. The highest BCUT2D eigenvalue weighted by atomic mass is 16.2. The van der Waals surface area contributed by atoms with Crippen LogP contribution >= 0.6 is 0 Å². The van der Waals surface area contributed by atoms with E-state index < -0.39 is 0 Å². The zero-order chi connectivity index (χ0) is 13.8. The van der Waals surface area contributed by atoms with Gasteiger partial charge in [-0.2, -0.15) is 0 Å². The average Bonchev–Trinajstić information content (AvgIpc) is 2.65. The van der Waals surface area contributed by atoms with Crippen LogP contribution in [0, 0.1) is 0 Å². The topological polar surface area (TPSA) is 49.4 Å². The maximum Gasteiger partial charge on any atom is 0.231 e. The lowest BCUT2D eigenvalue weighted by Gasteiger charge is -2.10. The Morgan fingerprint density at radius 1 is 1.42 bits per heavy atom. The molecule has 0 fully saturated rings. The molecule has 0 saturated carbocycles. The van der Waals surface area contributed by atoms with Gasteiger partial charge in [-0.25, -0.2) is 0 Å². The summed E-state index contributed by atoms with van der Waals surface area (Å²) in [5.74, 6) is 0.252. The lowest BCUT2D eigenvalue weighted by Crippen LogP contribution is -2.25. The van der Waals surface area contributed by atoms with E-state index in [9.17, 15) is 9.59 Å². The van der Waals surface area contributed by atoms with Gasteiger partial charge in [0, 0.05) is 25.7 Å². The van der Waals surface area contributed by atoms with Gasteiger partial charge in [0.15, 0.2) is 0 Å². The van der Waals surface area contributed by atoms with Crippen molar-refractivity contribution < 1.29 is 9.59 Å². The molecule has 0 saturated heterocycles. The second kappa shape index (κ2) is 5.87. The normalized spacial score (nSPS) is 13.6. The van der Waals surface area contributed by atoms with Crippen LogP contribution in [-0.4, -0.2) is 25.4 Å². The van der Waals surface area contributed by atoms with Crippen LogP contribution in [0.1, 0.15) is 30.9 Å². The number of fused-ring (bicyclic) bond motifs is 1. The van der Waals surface area contributed by atoms with Gasteiger partial charge in [0.25, 0.3) is 0 Å². The molecule has 0 aliphatic carbocycles. The van der Waals surface area contributed by atoms with Gasteiger partial charge < -0.3 is 10.2 Å². The zero-order valence-corrected chi connectivity index (χ0v) is 11.5. The molecule has 4 heteroatoms. The number of rotatable bonds is 5. The van der Waals surface area contributed by atoms with E-state index in [1.54, 1.807) is 11.9 Å². The van der Waals surface area contributed by atoms with Gasteiger partial charge in [0.1, 0.15) is 0 Å². The first-order chi connectivity index (χ1) is 9.11. The quantitative estimate of drug-likeness (QED) is 0.875. The summed E-state index contributed by atoms with van der Waals surface area (Å²) in [7, 11) is 1.80. The molecule has 2 rings (SSSR count). The molecular formula is C15H20N2O2. The predicted molar refractivity (Wildman–Crippen MR) is 75.2 cm³/mol. The van der Waals surface area contributed by atoms with E-state index in [0.29, 0.717) is 19.4 Å². The Hall–Kier alpha value is -1.84. The standard InChI is InChI=1S/C15H20N2O2/c1-3-4-14(18)16-8-7-11-5-6-13-12(9-11)10-15(19)17(13)2/h5-6,9H,3-4,7-8,10H2,1-2H3,(H,16,18). The number of likely N-dealkylation sites (N-methyl/N-ethyl adjacent to an activating group) is 1. The maximum atomic E-state index is 11.6. The first-order valence-electron chi connectivity index (χ1n) is 6.77. The summed E-state index contributed by atoms with van der Waals surface area (Å²) in [5.41, 5.74) is 3.26. The Balaban J connectivity index is 1.91. The third-order valence-corrected chi connectivity index (χ3v) is 3.43. The highest BCUT2D eigenvalue weighted by Crippen LogP contribution is 2.28. The Bertz CT molecular complexity index is 497. The average molecular weight is 260 g/mol. The predicted octanol–water partition coefficient (Wildman–Crippen LogP) is 1.66. The number of nitrogens with zero attached hydrogens (tertiary/aromatic N) is 1. The third-order valence-electron chi connectivity index (χ3n) is 3.43. The minimum atomic E-state index is 0.110. The van der Waals surface area contributed by atoms with E-state index in [-0.39, 0.29) is 11.8 Å². The van der Waals surface area contributed by atoms with Crippen LogP contribution in [0.15, 0.2) is 18.2 Å². The number of hydrogen-bond acceptors (Lipinski definition) is 2. The fourth-order valence-corrected chi connectivity index (χ4v) is 2.34. The summed E-state index contributed by atoms with van der Waals surface area (Å²) in [6.07, 6.45) is 2.76. The smallest absolute Gasteiger partial charge is 0.231 e. The van der Waals surface area contributed by atoms with Gasteiger partial charge in [-0.05, 0) is 30.0 Å². The van der Waals surface area contributed by atoms with E-state index in [0.717, 1.165) is 24.1 Å². The molecular weight excluding hydrogens is 240 g/mol. The third kappa shape index (κ3) is 3.13. The fraction of sp³-hybridized carbons (Fsp3) is 0.467. The van der Waals surface area contributed by atoms with Crippen molar-refractivity contribution in [1.29, 1.82) is 0 Å². The van der Waals surface area contributed by atoms with Gasteiger partial charge >= 0.3 is 0 Å². The Kier molecular flexibility index (Phi) is 4.20. The van der Waals surface area contributed by atoms with Gasteiger partial charge in [-0.3, -0.25) is 9.59 Å². The van der Waals surface area contributed by atoms with Gasteiger partial charge in [0.2, 0.25) is 11.8 Å². The minimum Gasteiger partial charge on any atom is -0.356 e. The zero-order valence-electron chi connectivity index (χ0n) is 11.5. The van der Waals surface area contributed by atoms with Crippen molar-refractivity contribution in [3.8, 4) is 0 Å². The number of amides is 2. The summed E-state index contributed by atoms with van der Waals surface area (Å²) in [4.78, 5) is 24.6. The second-order valence-electron chi connectivity index (χ2n) is 4.94. The van der Waals surface area contributed by atoms with E-state index >= 15 is 0 Å². The lowest BCUT2D eigenvalue weighted by atomic mass is 10.1. The molecule has 1 aromatic carbocycles. The summed E-state index contributed by atoms with van der Waals surface area (Å²) >= 11 is 0. The van der Waals surface area contributed by atoms with Crippen LogP contribution in [0.3, 0.4) is 0 Å². The van der Waals surface area contributed by atoms with Crippen LogP contribution in [0.2, 0.25) is 0 Å². The summed E-state index contributed by atoms with van der Waals surface area (Å²) in [5, 5.41) is 2.90. The van der Waals surface area contributed by atoms with Crippen molar-refractivity contribution in [1.82, 2.24) is 5.32 Å². The van der Waals surface area contributed by atoms with Crippen LogP contribution in [0.25, 0.3) is 0 Å². The molecule has 1 aliphatic heterocycles. The van der Waals surface area contributed by atoms with E-state index in [2.05, 4.69) is 11.4 Å². The first-order valence-corrected chi connectivity index (χ1v) is 6.77. The van der Waals surface area contributed by atoms with Gasteiger partial charge in [-0.15, -0.1) is 0 Å². The van der Waals surface area contributed by atoms with Crippen molar-refractivity contribution >= 4 is 17.5 Å².